The summed E-state index contributed by atoms with van der Waals surface area (Å²) in [5, 5.41) is 5.03. The van der Waals surface area contributed by atoms with E-state index in [0.29, 0.717) is 0 Å². The summed E-state index contributed by atoms with van der Waals surface area (Å²) >= 11 is 0. The molecule has 1 radical (unpaired) electrons. The minimum Gasteiger partial charge on any atom is -0.356 e. The molecule has 0 spiro atoms. The summed E-state index contributed by atoms with van der Waals surface area (Å²) in [6.45, 7) is 0. The zero-order valence-corrected chi connectivity index (χ0v) is 8.50. The molecule has 0 saturated heterocycles. The van der Waals surface area contributed by atoms with Crippen molar-refractivity contribution in [3.63, 3.8) is 0 Å². The summed E-state index contributed by atoms with van der Waals surface area (Å²) in [7, 11) is 0. The molecule has 3 heteroatoms. The van der Waals surface area contributed by atoms with Crippen molar-refractivity contribution >= 4 is 11.0 Å². The molecule has 0 aliphatic carbocycles. The number of hydrogen-bond donors (Lipinski definition) is 0. The third-order valence-corrected chi connectivity index (χ3v) is 2.38. The van der Waals surface area contributed by atoms with Crippen LogP contribution in [0.5, 0.6) is 0 Å². The van der Waals surface area contributed by atoms with Crippen LogP contribution in [-0.4, -0.2) is 10.1 Å². The standard InChI is InChI=1S/C13H9N2O/c1-2-7-13-11(6-1)12(15-16-13)9-10-5-3-4-8-14-10/h1-9H. The molecule has 1 aromatic carbocycles. The summed E-state index contributed by atoms with van der Waals surface area (Å²) in [5.74, 6) is 0. The summed E-state index contributed by atoms with van der Waals surface area (Å²) < 4.78 is 5.21. The van der Waals surface area contributed by atoms with E-state index in [2.05, 4.69) is 10.1 Å². The van der Waals surface area contributed by atoms with Crippen molar-refractivity contribution < 1.29 is 4.52 Å². The maximum Gasteiger partial charge on any atom is 0.167 e. The van der Waals surface area contributed by atoms with Crippen molar-refractivity contribution in [1.82, 2.24) is 10.1 Å². The van der Waals surface area contributed by atoms with Crippen LogP contribution >= 0.6 is 0 Å². The quantitative estimate of drug-likeness (QED) is 0.651. The summed E-state index contributed by atoms with van der Waals surface area (Å²) in [5.41, 5.74) is 2.49. The van der Waals surface area contributed by atoms with E-state index in [0.717, 1.165) is 22.4 Å². The summed E-state index contributed by atoms with van der Waals surface area (Å²) in [6.07, 6.45) is 3.67. The number of fused-ring (bicyclic) bond motifs is 1. The third kappa shape index (κ3) is 1.56. The van der Waals surface area contributed by atoms with Crippen molar-refractivity contribution in [2.45, 2.75) is 0 Å². The number of pyridine rings is 1. The monoisotopic (exact) mass is 209 g/mol. The second kappa shape index (κ2) is 3.77. The van der Waals surface area contributed by atoms with Gasteiger partial charge in [-0.1, -0.05) is 23.4 Å². The van der Waals surface area contributed by atoms with E-state index in [4.69, 9.17) is 4.52 Å². The molecule has 0 atom stereocenters. The van der Waals surface area contributed by atoms with Crippen LogP contribution in [0.15, 0.2) is 53.2 Å². The zero-order chi connectivity index (χ0) is 10.8. The lowest BCUT2D eigenvalue weighted by atomic mass is 10.1. The van der Waals surface area contributed by atoms with E-state index in [9.17, 15) is 0 Å². The van der Waals surface area contributed by atoms with E-state index in [1.54, 1.807) is 6.20 Å². The fourth-order valence-corrected chi connectivity index (χ4v) is 1.61. The first kappa shape index (κ1) is 9.09. The summed E-state index contributed by atoms with van der Waals surface area (Å²) in [6, 6.07) is 13.6. The van der Waals surface area contributed by atoms with Gasteiger partial charge in [0.1, 0.15) is 5.69 Å². The van der Waals surface area contributed by atoms with Crippen LogP contribution in [0.2, 0.25) is 0 Å². The zero-order valence-electron chi connectivity index (χ0n) is 8.50. The Morgan fingerprint density at radius 3 is 2.75 bits per heavy atom. The van der Waals surface area contributed by atoms with Crippen molar-refractivity contribution in [1.29, 1.82) is 0 Å². The molecule has 2 heterocycles. The number of benzene rings is 1. The molecule has 3 nitrogen and oxygen atoms in total. The molecule has 0 fully saturated rings. The van der Waals surface area contributed by atoms with Crippen molar-refractivity contribution in [3.8, 4) is 0 Å². The number of nitrogens with zero attached hydrogens (tertiary/aromatic N) is 2. The predicted octanol–water partition coefficient (Wildman–Crippen LogP) is 2.82. The highest BCUT2D eigenvalue weighted by atomic mass is 16.5. The molecule has 0 unspecified atom stereocenters. The lowest BCUT2D eigenvalue weighted by Crippen LogP contribution is -1.88. The molecule has 0 N–H and O–H groups in total. The Morgan fingerprint density at radius 1 is 1.00 bits per heavy atom. The highest BCUT2D eigenvalue weighted by Crippen LogP contribution is 2.20. The number of aromatic nitrogens is 2. The minimum absolute atomic E-state index is 0.796. The average molecular weight is 209 g/mol. The van der Waals surface area contributed by atoms with Crippen LogP contribution in [0.1, 0.15) is 11.4 Å². The second-order valence-electron chi connectivity index (χ2n) is 3.46. The van der Waals surface area contributed by atoms with Gasteiger partial charge in [-0.15, -0.1) is 0 Å². The number of para-hydroxylation sites is 1. The van der Waals surface area contributed by atoms with Crippen molar-refractivity contribution in [2.75, 3.05) is 0 Å². The topological polar surface area (TPSA) is 38.9 Å². The molecule has 77 valence electrons. The van der Waals surface area contributed by atoms with Crippen LogP contribution < -0.4 is 0 Å². The van der Waals surface area contributed by atoms with Gasteiger partial charge in [-0.2, -0.15) is 0 Å². The molecular formula is C13H9N2O. The van der Waals surface area contributed by atoms with Gasteiger partial charge >= 0.3 is 0 Å². The molecule has 0 saturated carbocycles. The van der Waals surface area contributed by atoms with E-state index >= 15 is 0 Å². The molecule has 0 aliphatic rings. The fourth-order valence-electron chi connectivity index (χ4n) is 1.61. The Balaban J connectivity index is 2.01. The van der Waals surface area contributed by atoms with Crippen LogP contribution in [0.3, 0.4) is 0 Å². The van der Waals surface area contributed by atoms with E-state index in [-0.39, 0.29) is 0 Å². The van der Waals surface area contributed by atoms with Gasteiger partial charge in [-0.05, 0) is 24.3 Å². The molecule has 3 aromatic rings. The van der Waals surface area contributed by atoms with Gasteiger partial charge in [0.2, 0.25) is 0 Å². The van der Waals surface area contributed by atoms with Crippen molar-refractivity contribution in [3.05, 3.63) is 66.5 Å². The van der Waals surface area contributed by atoms with Gasteiger partial charge < -0.3 is 4.52 Å². The number of rotatable bonds is 2. The highest BCUT2D eigenvalue weighted by Gasteiger charge is 2.08. The van der Waals surface area contributed by atoms with Gasteiger partial charge in [0.05, 0.1) is 12.1 Å². The van der Waals surface area contributed by atoms with Crippen LogP contribution in [0.25, 0.3) is 11.0 Å². The first-order valence-corrected chi connectivity index (χ1v) is 5.04. The third-order valence-electron chi connectivity index (χ3n) is 2.38. The van der Waals surface area contributed by atoms with Gasteiger partial charge in [0, 0.05) is 11.6 Å². The van der Waals surface area contributed by atoms with E-state index in [1.807, 2.05) is 48.9 Å². The molecule has 0 aliphatic heterocycles. The van der Waals surface area contributed by atoms with Gasteiger partial charge in [0.25, 0.3) is 0 Å². The fraction of sp³-hybridized carbons (Fsp3) is 0. The molecule has 0 amide bonds. The smallest absolute Gasteiger partial charge is 0.167 e. The molecule has 0 bridgehead atoms. The van der Waals surface area contributed by atoms with Gasteiger partial charge in [0.15, 0.2) is 5.58 Å². The Hall–Kier alpha value is -2.16. The molecule has 2 aromatic heterocycles. The Labute approximate surface area is 92.7 Å². The molecule has 16 heavy (non-hydrogen) atoms. The van der Waals surface area contributed by atoms with Gasteiger partial charge in [-0.3, -0.25) is 4.98 Å². The lowest BCUT2D eigenvalue weighted by Gasteiger charge is -1.95. The Morgan fingerprint density at radius 2 is 1.88 bits per heavy atom. The average Bonchev–Trinajstić information content (AvgIpc) is 2.74. The van der Waals surface area contributed by atoms with Crippen LogP contribution in [-0.2, 0) is 0 Å². The number of hydrogen-bond acceptors (Lipinski definition) is 3. The maximum absolute atomic E-state index is 5.21. The highest BCUT2D eigenvalue weighted by molar-refractivity contribution is 5.80. The first-order chi connectivity index (χ1) is 7.93. The first-order valence-electron chi connectivity index (χ1n) is 5.04. The summed E-state index contributed by atoms with van der Waals surface area (Å²) in [4.78, 5) is 4.22. The second-order valence-corrected chi connectivity index (χ2v) is 3.46. The van der Waals surface area contributed by atoms with Crippen molar-refractivity contribution in [2.24, 2.45) is 0 Å². The molecule has 3 rings (SSSR count). The van der Waals surface area contributed by atoms with Crippen LogP contribution in [0.4, 0.5) is 0 Å². The lowest BCUT2D eigenvalue weighted by molar-refractivity contribution is 0.452. The largest absolute Gasteiger partial charge is 0.356 e. The maximum atomic E-state index is 5.21. The normalized spacial score (nSPS) is 10.8. The van der Waals surface area contributed by atoms with Gasteiger partial charge in [-0.25, -0.2) is 0 Å². The Kier molecular flexibility index (Phi) is 2.14. The molecular weight excluding hydrogens is 200 g/mol. The van der Waals surface area contributed by atoms with Crippen LogP contribution in [0, 0.1) is 6.42 Å². The SMILES string of the molecule is [CH](c1ccccn1)c1noc2ccccc12. The Bertz CT molecular complexity index is 601. The van der Waals surface area contributed by atoms with E-state index < -0.39 is 0 Å². The van der Waals surface area contributed by atoms with E-state index in [1.165, 1.54) is 0 Å². The minimum atomic E-state index is 0.796. The predicted molar refractivity (Wildman–Crippen MR) is 60.8 cm³/mol.